The first-order valence-electron chi connectivity index (χ1n) is 4.93. The molecular formula is C12H10N2O2S. The van der Waals surface area contributed by atoms with Gasteiger partial charge in [-0.15, -0.1) is 0 Å². The van der Waals surface area contributed by atoms with Crippen LogP contribution in [-0.4, -0.2) is 22.2 Å². The molecule has 0 fully saturated rings. The highest BCUT2D eigenvalue weighted by molar-refractivity contribution is 7.98. The zero-order valence-electron chi connectivity index (χ0n) is 9.16. The standard InChI is InChI=1S/C12H10N2O2S/c1-17-12-13-7-10(8-14-12)16-11(15)9-5-3-2-4-6-9/h2-8H,1H3. The fraction of sp³-hybridized carbons (Fsp3) is 0.0833. The van der Waals surface area contributed by atoms with Gasteiger partial charge in [-0.05, 0) is 18.4 Å². The molecular weight excluding hydrogens is 236 g/mol. The lowest BCUT2D eigenvalue weighted by Gasteiger charge is -2.03. The van der Waals surface area contributed by atoms with Crippen LogP contribution in [0.5, 0.6) is 5.75 Å². The predicted molar refractivity (Wildman–Crippen MR) is 65.2 cm³/mol. The Bertz CT molecular complexity index is 500. The molecule has 1 heterocycles. The van der Waals surface area contributed by atoms with Crippen LogP contribution in [-0.2, 0) is 0 Å². The molecule has 0 N–H and O–H groups in total. The van der Waals surface area contributed by atoms with Gasteiger partial charge in [-0.2, -0.15) is 0 Å². The van der Waals surface area contributed by atoms with Gasteiger partial charge in [-0.1, -0.05) is 30.0 Å². The molecule has 1 aromatic heterocycles. The lowest BCUT2D eigenvalue weighted by molar-refractivity contribution is 0.0733. The van der Waals surface area contributed by atoms with Crippen LogP contribution in [0.2, 0.25) is 0 Å². The zero-order valence-corrected chi connectivity index (χ0v) is 9.98. The highest BCUT2D eigenvalue weighted by Crippen LogP contribution is 2.13. The monoisotopic (exact) mass is 246 g/mol. The summed E-state index contributed by atoms with van der Waals surface area (Å²) in [5.74, 6) is -0.0669. The molecule has 0 radical (unpaired) electrons. The molecule has 1 aromatic carbocycles. The van der Waals surface area contributed by atoms with Gasteiger partial charge in [0.05, 0.1) is 18.0 Å². The van der Waals surface area contributed by atoms with E-state index in [-0.39, 0.29) is 0 Å². The first kappa shape index (κ1) is 11.6. The molecule has 2 aromatic rings. The Labute approximate surface area is 103 Å². The highest BCUT2D eigenvalue weighted by Gasteiger charge is 2.08. The molecule has 17 heavy (non-hydrogen) atoms. The second kappa shape index (κ2) is 5.45. The molecule has 0 spiro atoms. The van der Waals surface area contributed by atoms with E-state index in [9.17, 15) is 4.79 Å². The summed E-state index contributed by atoms with van der Waals surface area (Å²) in [6.45, 7) is 0. The Morgan fingerprint density at radius 3 is 2.41 bits per heavy atom. The van der Waals surface area contributed by atoms with Crippen molar-refractivity contribution in [3.05, 3.63) is 48.3 Å². The Morgan fingerprint density at radius 2 is 1.82 bits per heavy atom. The fourth-order valence-corrected chi connectivity index (χ4v) is 1.52. The minimum Gasteiger partial charge on any atom is -0.420 e. The topological polar surface area (TPSA) is 52.1 Å². The number of hydrogen-bond acceptors (Lipinski definition) is 5. The van der Waals surface area contributed by atoms with Crippen molar-refractivity contribution in [3.8, 4) is 5.75 Å². The van der Waals surface area contributed by atoms with E-state index in [0.717, 1.165) is 0 Å². The number of ether oxygens (including phenoxy) is 1. The number of rotatable bonds is 3. The van der Waals surface area contributed by atoms with Crippen LogP contribution in [0.3, 0.4) is 0 Å². The van der Waals surface area contributed by atoms with E-state index in [0.29, 0.717) is 16.5 Å². The Balaban J connectivity index is 2.08. The van der Waals surface area contributed by atoms with E-state index in [1.165, 1.54) is 24.2 Å². The number of benzene rings is 1. The van der Waals surface area contributed by atoms with Crippen molar-refractivity contribution in [2.75, 3.05) is 6.26 Å². The molecule has 86 valence electrons. The fourth-order valence-electron chi connectivity index (χ4n) is 1.20. The molecule has 0 aliphatic carbocycles. The van der Waals surface area contributed by atoms with Crippen molar-refractivity contribution in [1.29, 1.82) is 0 Å². The summed E-state index contributed by atoms with van der Waals surface area (Å²) >= 11 is 1.43. The van der Waals surface area contributed by atoms with Crippen molar-refractivity contribution < 1.29 is 9.53 Å². The number of carbonyl (C=O) groups excluding carboxylic acids is 1. The Hall–Kier alpha value is -1.88. The summed E-state index contributed by atoms with van der Waals surface area (Å²) in [4.78, 5) is 19.7. The van der Waals surface area contributed by atoms with Crippen molar-refractivity contribution in [2.45, 2.75) is 5.16 Å². The van der Waals surface area contributed by atoms with Gasteiger partial charge in [-0.3, -0.25) is 0 Å². The third kappa shape index (κ3) is 3.04. The van der Waals surface area contributed by atoms with Crippen LogP contribution in [0.1, 0.15) is 10.4 Å². The maximum absolute atomic E-state index is 11.7. The minimum absolute atomic E-state index is 0.344. The van der Waals surface area contributed by atoms with E-state index in [4.69, 9.17) is 4.74 Å². The number of esters is 1. The van der Waals surface area contributed by atoms with Gasteiger partial charge in [-0.25, -0.2) is 14.8 Å². The molecule has 0 aliphatic heterocycles. The third-order valence-corrected chi connectivity index (χ3v) is 2.58. The van der Waals surface area contributed by atoms with Gasteiger partial charge in [0.1, 0.15) is 0 Å². The second-order valence-electron chi connectivity index (χ2n) is 3.16. The summed E-state index contributed by atoms with van der Waals surface area (Å²) in [6, 6.07) is 8.79. The lowest BCUT2D eigenvalue weighted by Crippen LogP contribution is -2.08. The maximum Gasteiger partial charge on any atom is 0.343 e. The molecule has 0 amide bonds. The van der Waals surface area contributed by atoms with Crippen LogP contribution in [0, 0.1) is 0 Å². The first-order chi connectivity index (χ1) is 8.29. The van der Waals surface area contributed by atoms with Crippen molar-refractivity contribution >= 4 is 17.7 Å². The normalized spacial score (nSPS) is 9.94. The van der Waals surface area contributed by atoms with Crippen LogP contribution in [0.15, 0.2) is 47.9 Å². The van der Waals surface area contributed by atoms with Crippen LogP contribution in [0.4, 0.5) is 0 Å². The highest BCUT2D eigenvalue weighted by atomic mass is 32.2. The molecule has 4 nitrogen and oxygen atoms in total. The maximum atomic E-state index is 11.7. The van der Waals surface area contributed by atoms with Gasteiger partial charge in [0.2, 0.25) is 0 Å². The van der Waals surface area contributed by atoms with Crippen LogP contribution < -0.4 is 4.74 Å². The smallest absolute Gasteiger partial charge is 0.343 e. The lowest BCUT2D eigenvalue weighted by atomic mass is 10.2. The SMILES string of the molecule is CSc1ncc(OC(=O)c2ccccc2)cn1. The van der Waals surface area contributed by atoms with Gasteiger partial charge < -0.3 is 4.74 Å². The molecule has 0 saturated heterocycles. The van der Waals surface area contributed by atoms with E-state index >= 15 is 0 Å². The van der Waals surface area contributed by atoms with Crippen molar-refractivity contribution in [2.24, 2.45) is 0 Å². The molecule has 0 aliphatic rings. The number of hydrogen-bond donors (Lipinski definition) is 0. The summed E-state index contributed by atoms with van der Waals surface area (Å²) in [5.41, 5.74) is 0.501. The largest absolute Gasteiger partial charge is 0.420 e. The van der Waals surface area contributed by atoms with Crippen LogP contribution in [0.25, 0.3) is 0 Å². The van der Waals surface area contributed by atoms with Gasteiger partial charge >= 0.3 is 5.97 Å². The second-order valence-corrected chi connectivity index (χ2v) is 3.93. The summed E-state index contributed by atoms with van der Waals surface area (Å²) in [6.07, 6.45) is 4.85. The van der Waals surface area contributed by atoms with Crippen LogP contribution >= 0.6 is 11.8 Å². The van der Waals surface area contributed by atoms with Crippen molar-refractivity contribution in [1.82, 2.24) is 9.97 Å². The predicted octanol–water partition coefficient (Wildman–Crippen LogP) is 2.42. The quantitative estimate of drug-likeness (QED) is 0.473. The number of nitrogens with zero attached hydrogens (tertiary/aromatic N) is 2. The average molecular weight is 246 g/mol. The van der Waals surface area contributed by atoms with E-state index in [2.05, 4.69) is 9.97 Å². The number of thioether (sulfide) groups is 1. The van der Waals surface area contributed by atoms with Gasteiger partial charge in [0.15, 0.2) is 10.9 Å². The molecule has 0 unspecified atom stereocenters. The molecule has 5 heteroatoms. The third-order valence-electron chi connectivity index (χ3n) is 2.01. The molecule has 2 rings (SSSR count). The molecule has 0 saturated carbocycles. The van der Waals surface area contributed by atoms with E-state index in [1.807, 2.05) is 12.3 Å². The first-order valence-corrected chi connectivity index (χ1v) is 6.15. The van der Waals surface area contributed by atoms with Crippen molar-refractivity contribution in [3.63, 3.8) is 0 Å². The number of aromatic nitrogens is 2. The Morgan fingerprint density at radius 1 is 1.18 bits per heavy atom. The molecule has 0 atom stereocenters. The van der Waals surface area contributed by atoms with Gasteiger partial charge in [0, 0.05) is 0 Å². The molecule has 0 bridgehead atoms. The number of carbonyl (C=O) groups is 1. The van der Waals surface area contributed by atoms with E-state index in [1.54, 1.807) is 24.3 Å². The zero-order chi connectivity index (χ0) is 12.1. The minimum atomic E-state index is -0.411. The van der Waals surface area contributed by atoms with E-state index < -0.39 is 5.97 Å². The van der Waals surface area contributed by atoms with Gasteiger partial charge in [0.25, 0.3) is 0 Å². The summed E-state index contributed by atoms with van der Waals surface area (Å²) in [7, 11) is 0. The summed E-state index contributed by atoms with van der Waals surface area (Å²) in [5, 5.41) is 0.643. The summed E-state index contributed by atoms with van der Waals surface area (Å²) < 4.78 is 5.13. The average Bonchev–Trinajstić information content (AvgIpc) is 2.40. The Kier molecular flexibility index (Phi) is 3.72.